The van der Waals surface area contributed by atoms with E-state index in [1.54, 1.807) is 41.0 Å². The molecule has 7 rings (SSSR count). The summed E-state index contributed by atoms with van der Waals surface area (Å²) in [5.74, 6) is -0.00427. The summed E-state index contributed by atoms with van der Waals surface area (Å²) < 4.78 is 1.63. The Morgan fingerprint density at radius 2 is 1.78 bits per heavy atom. The summed E-state index contributed by atoms with van der Waals surface area (Å²) in [6, 6.07) is 8.16. The number of Topliss-reactive ketones (excluding diaryl/α,β-unsaturated/α-hetero) is 1. The van der Waals surface area contributed by atoms with Crippen molar-refractivity contribution in [3.8, 4) is 17.2 Å². The molecule has 2 aliphatic heterocycles. The van der Waals surface area contributed by atoms with Crippen LogP contribution in [0.15, 0.2) is 36.7 Å². The Kier molecular flexibility index (Phi) is 8.87. The maximum atomic E-state index is 14.6. The van der Waals surface area contributed by atoms with E-state index in [4.69, 9.17) is 5.10 Å². The number of aromatic nitrogens is 5. The van der Waals surface area contributed by atoms with Gasteiger partial charge in [0.1, 0.15) is 41.7 Å². The fourth-order valence-corrected chi connectivity index (χ4v) is 8.15. The average Bonchev–Trinajstić information content (AvgIpc) is 3.36. The number of rotatable bonds is 4. The number of hydrogen-bond acceptors (Lipinski definition) is 9. The van der Waals surface area contributed by atoms with Gasteiger partial charge in [-0.3, -0.25) is 23.9 Å². The molecule has 4 atom stereocenters. The van der Waals surface area contributed by atoms with Crippen LogP contribution in [0, 0.1) is 36.5 Å². The zero-order valence-electron chi connectivity index (χ0n) is 29.3. The number of nitrogens with zero attached hydrogens (tertiary/aromatic N) is 7. The first kappa shape index (κ1) is 34.0. The van der Waals surface area contributed by atoms with E-state index < -0.39 is 17.4 Å². The van der Waals surface area contributed by atoms with Crippen LogP contribution in [0.4, 0.5) is 5.82 Å². The molecule has 1 saturated carbocycles. The molecular weight excluding hydrogens is 646 g/mol. The maximum absolute atomic E-state index is 14.6. The molecular formula is C38H41N9O4. The summed E-state index contributed by atoms with van der Waals surface area (Å²) in [6.07, 6.45) is 8.36. The van der Waals surface area contributed by atoms with Gasteiger partial charge in [0.05, 0.1) is 5.52 Å². The van der Waals surface area contributed by atoms with Crippen LogP contribution in [0.1, 0.15) is 85.5 Å². The van der Waals surface area contributed by atoms with Crippen molar-refractivity contribution < 1.29 is 19.2 Å². The topological polar surface area (TPSA) is 176 Å². The number of benzene rings is 1. The molecule has 0 spiro atoms. The van der Waals surface area contributed by atoms with Gasteiger partial charge in [-0.25, -0.2) is 15.0 Å². The maximum Gasteiger partial charge on any atom is 0.248 e. The lowest BCUT2D eigenvalue weighted by atomic mass is 9.95. The van der Waals surface area contributed by atoms with E-state index in [0.29, 0.717) is 42.6 Å². The Bertz CT molecular complexity index is 2120. The first-order valence-corrected chi connectivity index (χ1v) is 17.6. The minimum Gasteiger partial charge on any atom is -0.355 e. The highest BCUT2D eigenvalue weighted by Gasteiger charge is 2.72. The minimum absolute atomic E-state index is 0.0305. The molecule has 5 heterocycles. The molecule has 51 heavy (non-hydrogen) atoms. The molecule has 3 aromatic heterocycles. The Hall–Kier alpha value is -5.51. The van der Waals surface area contributed by atoms with Crippen molar-refractivity contribution >= 4 is 40.2 Å². The molecule has 0 radical (unpaired) electrons. The van der Waals surface area contributed by atoms with E-state index >= 15 is 0 Å². The Morgan fingerprint density at radius 3 is 2.51 bits per heavy atom. The van der Waals surface area contributed by atoms with Crippen LogP contribution >= 0.6 is 0 Å². The van der Waals surface area contributed by atoms with Crippen LogP contribution < -0.4 is 10.6 Å². The Balaban J connectivity index is 1.30. The third-order valence-corrected chi connectivity index (χ3v) is 11.0. The van der Waals surface area contributed by atoms with Gasteiger partial charge in [-0.15, -0.1) is 0 Å². The average molecular weight is 688 g/mol. The minimum atomic E-state index is -0.844. The second-order valence-electron chi connectivity index (χ2n) is 14.3. The molecule has 262 valence electrons. The van der Waals surface area contributed by atoms with Crippen LogP contribution in [-0.2, 0) is 27.3 Å². The van der Waals surface area contributed by atoms with Gasteiger partial charge in [0.2, 0.25) is 17.7 Å². The lowest BCUT2D eigenvalue weighted by Gasteiger charge is -2.28. The summed E-state index contributed by atoms with van der Waals surface area (Å²) in [6.45, 7) is 7.32. The first-order valence-electron chi connectivity index (χ1n) is 17.6. The molecule has 1 aromatic carbocycles. The van der Waals surface area contributed by atoms with Crippen LogP contribution in [0.3, 0.4) is 0 Å². The molecule has 2 fully saturated rings. The van der Waals surface area contributed by atoms with Crippen molar-refractivity contribution in [3.63, 3.8) is 0 Å². The number of anilines is 1. The standard InChI is InChI=1S/C38H41N9O4/c1-21-11-12-28(16-39)43-36(21)44-37(51)30-15-38-20-42-31(49)10-8-6-5-7-9-25-13-26(27-17-40-24(4)41-18-27)14-29-33(23(3)48)45-46(34(25)29)19-32(50)47(30)35(38)22(38)2/h11-14,17-18,22,30,35H,5-10,15,19-20H2,1-4H3,(H,42,49)(H,43,44,51)/t22?,30-,35?,38+/m0/s1. The number of pyridine rings is 1. The van der Waals surface area contributed by atoms with Crippen molar-refractivity contribution in [2.24, 2.45) is 11.3 Å². The fourth-order valence-electron chi connectivity index (χ4n) is 8.15. The number of aryl methyl sites for hydroxylation is 3. The quantitative estimate of drug-likeness (QED) is 0.294. The summed E-state index contributed by atoms with van der Waals surface area (Å²) in [7, 11) is 0. The number of hydrogen-bond donors (Lipinski definition) is 2. The van der Waals surface area contributed by atoms with E-state index in [0.717, 1.165) is 47.9 Å². The Labute approximate surface area is 295 Å². The highest BCUT2D eigenvalue weighted by Crippen LogP contribution is 2.64. The van der Waals surface area contributed by atoms with Crippen LogP contribution in [0.2, 0.25) is 0 Å². The van der Waals surface area contributed by atoms with E-state index in [-0.39, 0.29) is 53.3 Å². The number of carbonyl (C=O) groups is 4. The second kappa shape index (κ2) is 13.3. The van der Waals surface area contributed by atoms with E-state index in [1.807, 2.05) is 19.1 Å². The largest absolute Gasteiger partial charge is 0.355 e. The van der Waals surface area contributed by atoms with Crippen LogP contribution in [0.5, 0.6) is 0 Å². The predicted octanol–water partition coefficient (Wildman–Crippen LogP) is 4.45. The van der Waals surface area contributed by atoms with Gasteiger partial charge < -0.3 is 15.5 Å². The zero-order chi connectivity index (χ0) is 36.0. The summed E-state index contributed by atoms with van der Waals surface area (Å²) >= 11 is 0. The molecule has 1 aliphatic carbocycles. The van der Waals surface area contributed by atoms with Gasteiger partial charge in [0, 0.05) is 54.7 Å². The zero-order valence-corrected chi connectivity index (χ0v) is 29.3. The van der Waals surface area contributed by atoms with Crippen molar-refractivity contribution in [2.75, 3.05) is 11.9 Å². The third-order valence-electron chi connectivity index (χ3n) is 11.0. The Morgan fingerprint density at radius 1 is 1.04 bits per heavy atom. The van der Waals surface area contributed by atoms with Crippen molar-refractivity contribution in [1.82, 2.24) is 34.9 Å². The first-order chi connectivity index (χ1) is 24.5. The summed E-state index contributed by atoms with van der Waals surface area (Å²) in [5.41, 5.74) is 3.98. The van der Waals surface area contributed by atoms with E-state index in [9.17, 15) is 24.4 Å². The number of nitrogens with one attached hydrogen (secondary N) is 2. The molecule has 13 heteroatoms. The number of ketones is 1. The molecule has 2 bridgehead atoms. The molecule has 1 saturated heterocycles. The van der Waals surface area contributed by atoms with Gasteiger partial charge in [0.25, 0.3) is 0 Å². The number of amides is 3. The molecule has 2 unspecified atom stereocenters. The monoisotopic (exact) mass is 687 g/mol. The van der Waals surface area contributed by atoms with Crippen molar-refractivity contribution in [2.45, 2.75) is 91.3 Å². The molecule has 4 aromatic rings. The van der Waals surface area contributed by atoms with Gasteiger partial charge in [-0.1, -0.05) is 25.8 Å². The van der Waals surface area contributed by atoms with Crippen LogP contribution in [0.25, 0.3) is 22.0 Å². The normalized spacial score (nSPS) is 23.6. The lowest BCUT2D eigenvalue weighted by molar-refractivity contribution is -0.139. The SMILES string of the molecule is CC(=O)c1nn2c3c(cc(-c4cnc(C)nc4)cc13)CCCCCCC(=O)NC[C@@]13C[C@@H](C(=O)Nc4nc(C#N)ccc4C)N(C(=O)C2)C1C3C. The molecule has 3 aliphatic rings. The number of nitriles is 1. The van der Waals surface area contributed by atoms with Crippen molar-refractivity contribution in [3.05, 3.63) is 65.0 Å². The van der Waals surface area contributed by atoms with Gasteiger partial charge >= 0.3 is 0 Å². The fraction of sp³-hybridized carbons (Fsp3) is 0.447. The van der Waals surface area contributed by atoms with Gasteiger partial charge in [-0.2, -0.15) is 10.4 Å². The van der Waals surface area contributed by atoms with Gasteiger partial charge in [-0.05, 0) is 80.3 Å². The number of carbonyl (C=O) groups excluding carboxylic acids is 4. The highest BCUT2D eigenvalue weighted by molar-refractivity contribution is 6.07. The lowest BCUT2D eigenvalue weighted by Crippen LogP contribution is -2.47. The van der Waals surface area contributed by atoms with E-state index in [1.165, 1.54) is 6.92 Å². The number of piperidine rings is 1. The molecule has 2 N–H and O–H groups in total. The predicted molar refractivity (Wildman–Crippen MR) is 188 cm³/mol. The van der Waals surface area contributed by atoms with Crippen LogP contribution in [-0.4, -0.2) is 71.8 Å². The molecule has 3 amide bonds. The van der Waals surface area contributed by atoms with E-state index in [2.05, 4.69) is 38.6 Å². The second-order valence-corrected chi connectivity index (χ2v) is 14.3. The van der Waals surface area contributed by atoms with Crippen molar-refractivity contribution in [1.29, 1.82) is 5.26 Å². The highest BCUT2D eigenvalue weighted by atomic mass is 16.2. The smallest absolute Gasteiger partial charge is 0.248 e. The summed E-state index contributed by atoms with van der Waals surface area (Å²) in [5, 5.41) is 20.8. The van der Waals surface area contributed by atoms with Gasteiger partial charge in [0.15, 0.2) is 5.78 Å². The third kappa shape index (κ3) is 6.24. The summed E-state index contributed by atoms with van der Waals surface area (Å²) in [4.78, 5) is 69.3. The molecule has 13 nitrogen and oxygen atoms in total.